The molecule has 4 atom stereocenters. The maximum Gasteiger partial charge on any atom is 0.137 e. The number of Topliss-reactive ketones (excluding diaryl/α,β-unsaturated/α-hetero) is 1. The Morgan fingerprint density at radius 3 is 2.61 bits per heavy atom. The van der Waals surface area contributed by atoms with Gasteiger partial charge in [0, 0.05) is 25.4 Å². The summed E-state index contributed by atoms with van der Waals surface area (Å²) in [6, 6.07) is 0. The molecule has 2 rings (SSSR count). The van der Waals surface area contributed by atoms with Gasteiger partial charge in [-0.05, 0) is 43.1 Å². The minimum absolute atomic E-state index is 0.312. The second-order valence-electron chi connectivity index (χ2n) is 7.15. The van der Waals surface area contributed by atoms with Crippen LogP contribution in [0.2, 0.25) is 0 Å². The maximum atomic E-state index is 12.2. The molecule has 0 spiro atoms. The number of rotatable bonds is 3. The quantitative estimate of drug-likeness (QED) is 0.767. The third-order valence-corrected chi connectivity index (χ3v) is 5.13. The minimum Gasteiger partial charge on any atom is -0.302 e. The van der Waals surface area contributed by atoms with Crippen LogP contribution >= 0.6 is 0 Å². The van der Waals surface area contributed by atoms with Crippen LogP contribution in [0.4, 0.5) is 0 Å². The predicted octanol–water partition coefficient (Wildman–Crippen LogP) is 3.22. The van der Waals surface area contributed by atoms with E-state index in [0.29, 0.717) is 23.5 Å². The summed E-state index contributed by atoms with van der Waals surface area (Å²) in [5.74, 6) is 3.65. The topological polar surface area (TPSA) is 20.3 Å². The van der Waals surface area contributed by atoms with Gasteiger partial charge in [0.2, 0.25) is 0 Å². The zero-order valence-corrected chi connectivity index (χ0v) is 12.5. The fraction of sp³-hybridized carbons (Fsp3) is 0.938. The summed E-state index contributed by atoms with van der Waals surface area (Å²) in [6.45, 7) is 12.6. The van der Waals surface area contributed by atoms with E-state index in [1.165, 1.54) is 25.9 Å². The number of carbonyl (C=O) groups is 1. The van der Waals surface area contributed by atoms with Crippen LogP contribution in [0.3, 0.4) is 0 Å². The molecule has 1 saturated carbocycles. The Morgan fingerprint density at radius 2 is 2.06 bits per heavy atom. The van der Waals surface area contributed by atoms with Crippen molar-refractivity contribution in [1.82, 2.24) is 4.90 Å². The number of hydrogen-bond acceptors (Lipinski definition) is 2. The van der Waals surface area contributed by atoms with Crippen molar-refractivity contribution in [1.29, 1.82) is 0 Å². The van der Waals surface area contributed by atoms with E-state index in [1.54, 1.807) is 0 Å². The van der Waals surface area contributed by atoms with Crippen LogP contribution in [0.5, 0.6) is 0 Å². The molecule has 1 heterocycles. The van der Waals surface area contributed by atoms with E-state index >= 15 is 0 Å². The molecule has 2 heteroatoms. The van der Waals surface area contributed by atoms with Crippen molar-refractivity contribution < 1.29 is 4.79 Å². The van der Waals surface area contributed by atoms with Gasteiger partial charge in [0.1, 0.15) is 5.78 Å². The molecule has 0 aromatic rings. The molecule has 0 N–H and O–H groups in total. The van der Waals surface area contributed by atoms with Crippen molar-refractivity contribution >= 4 is 5.78 Å². The zero-order chi connectivity index (χ0) is 13.3. The third-order valence-electron chi connectivity index (χ3n) is 5.13. The summed E-state index contributed by atoms with van der Waals surface area (Å²) in [4.78, 5) is 14.7. The third kappa shape index (κ3) is 3.14. The van der Waals surface area contributed by atoms with Gasteiger partial charge in [0.25, 0.3) is 0 Å². The highest BCUT2D eigenvalue weighted by molar-refractivity contribution is 5.82. The summed E-state index contributed by atoms with van der Waals surface area (Å²) in [7, 11) is 0. The summed E-state index contributed by atoms with van der Waals surface area (Å²) in [5.41, 5.74) is 0. The highest BCUT2D eigenvalue weighted by Crippen LogP contribution is 2.33. The molecule has 0 amide bonds. The van der Waals surface area contributed by atoms with E-state index in [-0.39, 0.29) is 0 Å². The van der Waals surface area contributed by atoms with Crippen molar-refractivity contribution in [3.8, 4) is 0 Å². The Balaban J connectivity index is 1.88. The smallest absolute Gasteiger partial charge is 0.137 e. The molecular weight excluding hydrogens is 222 g/mol. The second kappa shape index (κ2) is 5.73. The van der Waals surface area contributed by atoms with Crippen LogP contribution < -0.4 is 0 Å². The van der Waals surface area contributed by atoms with Crippen molar-refractivity contribution in [2.24, 2.45) is 29.6 Å². The second-order valence-corrected chi connectivity index (χ2v) is 7.15. The fourth-order valence-corrected chi connectivity index (χ4v) is 3.83. The summed E-state index contributed by atoms with van der Waals surface area (Å²) in [6.07, 6.45) is 3.37. The van der Waals surface area contributed by atoms with Crippen molar-refractivity contribution in [3.05, 3.63) is 0 Å². The first-order chi connectivity index (χ1) is 8.47. The van der Waals surface area contributed by atoms with Crippen molar-refractivity contribution in [2.45, 2.75) is 47.0 Å². The summed E-state index contributed by atoms with van der Waals surface area (Å²) < 4.78 is 0. The van der Waals surface area contributed by atoms with Gasteiger partial charge in [-0.3, -0.25) is 4.79 Å². The summed E-state index contributed by atoms with van der Waals surface area (Å²) in [5, 5.41) is 0. The molecule has 1 saturated heterocycles. The standard InChI is InChI=1S/C16H29NO/c1-11(2)14-5-6-17(9-14)10-15-13(4)7-12(3)8-16(15)18/h11-15H,5-10H2,1-4H3. The number of carbonyl (C=O) groups excluding carboxylic acids is 1. The van der Waals surface area contributed by atoms with Crippen molar-refractivity contribution in [2.75, 3.05) is 19.6 Å². The molecular formula is C16H29NO. The molecule has 0 aromatic carbocycles. The molecule has 0 radical (unpaired) electrons. The molecule has 0 bridgehead atoms. The highest BCUT2D eigenvalue weighted by atomic mass is 16.1. The molecule has 1 aliphatic heterocycles. The van der Waals surface area contributed by atoms with Gasteiger partial charge in [-0.15, -0.1) is 0 Å². The van der Waals surface area contributed by atoms with Gasteiger partial charge < -0.3 is 4.90 Å². The van der Waals surface area contributed by atoms with E-state index in [4.69, 9.17) is 0 Å². The largest absolute Gasteiger partial charge is 0.302 e. The Hall–Kier alpha value is -0.370. The lowest BCUT2D eigenvalue weighted by atomic mass is 9.74. The van der Waals surface area contributed by atoms with Gasteiger partial charge in [-0.1, -0.05) is 27.7 Å². The van der Waals surface area contributed by atoms with Gasteiger partial charge >= 0.3 is 0 Å². The van der Waals surface area contributed by atoms with E-state index in [9.17, 15) is 4.79 Å². The molecule has 1 aliphatic carbocycles. The Kier molecular flexibility index (Phi) is 4.47. The molecule has 2 aliphatic rings. The van der Waals surface area contributed by atoms with Gasteiger partial charge in [-0.2, -0.15) is 0 Å². The molecule has 2 nitrogen and oxygen atoms in total. The minimum atomic E-state index is 0.312. The molecule has 104 valence electrons. The molecule has 18 heavy (non-hydrogen) atoms. The normalized spacial score (nSPS) is 38.6. The van der Waals surface area contributed by atoms with Crippen LogP contribution in [0.25, 0.3) is 0 Å². The Morgan fingerprint density at radius 1 is 1.33 bits per heavy atom. The van der Waals surface area contributed by atoms with Crippen molar-refractivity contribution in [3.63, 3.8) is 0 Å². The number of ketones is 1. The lowest BCUT2D eigenvalue weighted by molar-refractivity contribution is -0.128. The van der Waals surface area contributed by atoms with Gasteiger partial charge in [0.15, 0.2) is 0 Å². The first-order valence-electron chi connectivity index (χ1n) is 7.72. The average molecular weight is 251 g/mol. The lowest BCUT2D eigenvalue weighted by Crippen LogP contribution is -2.39. The summed E-state index contributed by atoms with van der Waals surface area (Å²) >= 11 is 0. The van der Waals surface area contributed by atoms with Crippen LogP contribution in [-0.4, -0.2) is 30.3 Å². The molecule has 4 unspecified atom stereocenters. The average Bonchev–Trinajstić information content (AvgIpc) is 2.71. The number of hydrogen-bond donors (Lipinski definition) is 0. The Bertz CT molecular complexity index is 299. The molecule has 0 aromatic heterocycles. The van der Waals surface area contributed by atoms with Crippen LogP contribution in [-0.2, 0) is 4.79 Å². The van der Waals surface area contributed by atoms with E-state index in [1.807, 2.05) is 0 Å². The van der Waals surface area contributed by atoms with E-state index in [2.05, 4.69) is 32.6 Å². The van der Waals surface area contributed by atoms with E-state index in [0.717, 1.165) is 24.8 Å². The number of nitrogens with zero attached hydrogens (tertiary/aromatic N) is 1. The van der Waals surface area contributed by atoms with Crippen LogP contribution in [0.1, 0.15) is 47.0 Å². The predicted molar refractivity (Wildman–Crippen MR) is 75.4 cm³/mol. The maximum absolute atomic E-state index is 12.2. The highest BCUT2D eigenvalue weighted by Gasteiger charge is 2.35. The Labute approximate surface area is 112 Å². The number of likely N-dealkylation sites (tertiary alicyclic amines) is 1. The molecule has 2 fully saturated rings. The first-order valence-corrected chi connectivity index (χ1v) is 7.72. The van der Waals surface area contributed by atoms with E-state index < -0.39 is 0 Å². The van der Waals surface area contributed by atoms with Gasteiger partial charge in [0.05, 0.1) is 0 Å². The monoisotopic (exact) mass is 251 g/mol. The SMILES string of the molecule is CC1CC(=O)C(CN2CCC(C(C)C)C2)C(C)C1. The van der Waals surface area contributed by atoms with Gasteiger partial charge in [-0.25, -0.2) is 0 Å². The van der Waals surface area contributed by atoms with Crippen LogP contribution in [0.15, 0.2) is 0 Å². The van der Waals surface area contributed by atoms with Crippen LogP contribution in [0, 0.1) is 29.6 Å². The lowest BCUT2D eigenvalue weighted by Gasteiger charge is -2.34. The fourth-order valence-electron chi connectivity index (χ4n) is 3.83. The zero-order valence-electron chi connectivity index (χ0n) is 12.5. The first kappa shape index (κ1) is 14.0.